The molecule has 3 fully saturated rings. The van der Waals surface area contributed by atoms with Crippen molar-refractivity contribution in [1.82, 2.24) is 4.90 Å². The Morgan fingerprint density at radius 1 is 0.808 bits per heavy atom. The van der Waals surface area contributed by atoms with Crippen LogP contribution in [0, 0.1) is 11.8 Å². The first-order chi connectivity index (χ1) is 12.7. The van der Waals surface area contributed by atoms with Gasteiger partial charge in [-0.15, -0.1) is 0 Å². The Kier molecular flexibility index (Phi) is 8.42. The summed E-state index contributed by atoms with van der Waals surface area (Å²) < 4.78 is 0. The van der Waals surface area contributed by atoms with Gasteiger partial charge >= 0.3 is 0 Å². The van der Waals surface area contributed by atoms with E-state index >= 15 is 0 Å². The number of nitrogens with zero attached hydrogens (tertiary/aromatic N) is 1. The molecule has 0 N–H and O–H groups in total. The highest BCUT2D eigenvalue weighted by Crippen LogP contribution is 2.35. The molecular weight excluding hydrogens is 338 g/mol. The summed E-state index contributed by atoms with van der Waals surface area (Å²) in [6, 6.07) is 0.577. The summed E-state index contributed by atoms with van der Waals surface area (Å²) in [6.45, 7) is 1.02. The lowest BCUT2D eigenvalue weighted by molar-refractivity contribution is -0.137. The van der Waals surface area contributed by atoms with Crippen molar-refractivity contribution in [3.8, 4) is 0 Å². The summed E-state index contributed by atoms with van der Waals surface area (Å²) in [5.74, 6) is 2.12. The van der Waals surface area contributed by atoms with Crippen LogP contribution < -0.4 is 0 Å². The van der Waals surface area contributed by atoms with Crippen LogP contribution in [0.15, 0.2) is 0 Å². The third kappa shape index (κ3) is 6.04. The van der Waals surface area contributed by atoms with Crippen LogP contribution in [0.4, 0.5) is 0 Å². The van der Waals surface area contributed by atoms with Crippen molar-refractivity contribution in [2.45, 2.75) is 115 Å². The molecule has 1 amide bonds. The van der Waals surface area contributed by atoms with Crippen molar-refractivity contribution in [2.24, 2.45) is 11.8 Å². The molecule has 3 aliphatic rings. The predicted octanol–water partition coefficient (Wildman–Crippen LogP) is 6.46. The molecule has 1 saturated heterocycles. The van der Waals surface area contributed by atoms with E-state index in [0.717, 1.165) is 37.6 Å². The van der Waals surface area contributed by atoms with E-state index in [2.05, 4.69) is 4.90 Å². The number of fused-ring (bicyclic) bond motifs is 1. The smallest absolute Gasteiger partial charge is 0.222 e. The number of hydrogen-bond acceptors (Lipinski definition) is 2. The Bertz CT molecular complexity index is 455. The Balaban J connectivity index is 1.28. The third-order valence-corrected chi connectivity index (χ3v) is 7.52. The van der Waals surface area contributed by atoms with Gasteiger partial charge in [-0.25, -0.2) is 0 Å². The topological polar surface area (TPSA) is 20.3 Å². The van der Waals surface area contributed by atoms with E-state index in [0.29, 0.717) is 11.9 Å². The van der Waals surface area contributed by atoms with E-state index in [1.165, 1.54) is 94.8 Å². The van der Waals surface area contributed by atoms with E-state index in [9.17, 15) is 4.79 Å². The van der Waals surface area contributed by atoms with E-state index in [1.807, 2.05) is 0 Å². The van der Waals surface area contributed by atoms with Gasteiger partial charge in [0.15, 0.2) is 0 Å². The first kappa shape index (κ1) is 20.3. The van der Waals surface area contributed by atoms with Gasteiger partial charge in [-0.2, -0.15) is 0 Å². The lowest BCUT2D eigenvalue weighted by atomic mass is 9.78. The predicted molar refractivity (Wildman–Crippen MR) is 114 cm³/mol. The van der Waals surface area contributed by atoms with Gasteiger partial charge in [0.1, 0.15) is 0 Å². The van der Waals surface area contributed by atoms with Crippen molar-refractivity contribution in [1.29, 1.82) is 0 Å². The maximum Gasteiger partial charge on any atom is 0.222 e. The Labute approximate surface area is 166 Å². The SMILES string of the molecule is O=C(CCCCCC(=S)CC1CCCCC1)N1CCCC2CCCCC21. The summed E-state index contributed by atoms with van der Waals surface area (Å²) in [4.78, 5) is 16.3. The van der Waals surface area contributed by atoms with E-state index < -0.39 is 0 Å². The molecule has 2 atom stereocenters. The summed E-state index contributed by atoms with van der Waals surface area (Å²) in [7, 11) is 0. The number of thiocarbonyl (C=S) groups is 1. The van der Waals surface area contributed by atoms with Gasteiger partial charge in [0.05, 0.1) is 0 Å². The standard InChI is InChI=1S/C23H39NOS/c25-23(24-17-9-13-20-12-7-8-15-22(20)24)16-6-2-5-14-21(26)18-19-10-3-1-4-11-19/h19-20,22H,1-18H2. The number of amides is 1. The third-order valence-electron chi connectivity index (χ3n) is 7.15. The lowest BCUT2D eigenvalue weighted by Crippen LogP contribution is -2.49. The van der Waals surface area contributed by atoms with Crippen molar-refractivity contribution in [3.63, 3.8) is 0 Å². The van der Waals surface area contributed by atoms with Crippen LogP contribution in [0.3, 0.4) is 0 Å². The molecule has 1 heterocycles. The minimum atomic E-state index is 0.436. The number of unbranched alkanes of at least 4 members (excludes halogenated alkanes) is 2. The Hall–Kier alpha value is -0.440. The van der Waals surface area contributed by atoms with Gasteiger partial charge in [0, 0.05) is 19.0 Å². The minimum absolute atomic E-state index is 0.436. The van der Waals surface area contributed by atoms with Gasteiger partial charge in [0.25, 0.3) is 0 Å². The average molecular weight is 378 g/mol. The fraction of sp³-hybridized carbons (Fsp3) is 0.913. The molecule has 2 nitrogen and oxygen atoms in total. The largest absolute Gasteiger partial charge is 0.339 e. The van der Waals surface area contributed by atoms with Crippen LogP contribution in [-0.4, -0.2) is 28.3 Å². The summed E-state index contributed by atoms with van der Waals surface area (Å²) >= 11 is 5.63. The molecule has 148 valence electrons. The van der Waals surface area contributed by atoms with Gasteiger partial charge < -0.3 is 4.90 Å². The van der Waals surface area contributed by atoms with Crippen molar-refractivity contribution in [3.05, 3.63) is 0 Å². The number of carbonyl (C=O) groups is 1. The molecule has 0 radical (unpaired) electrons. The second kappa shape index (κ2) is 10.8. The van der Waals surface area contributed by atoms with Crippen LogP contribution >= 0.6 is 12.2 Å². The van der Waals surface area contributed by atoms with Crippen molar-refractivity contribution < 1.29 is 4.79 Å². The van der Waals surface area contributed by atoms with Gasteiger partial charge in [0.2, 0.25) is 5.91 Å². The molecule has 0 bridgehead atoms. The van der Waals surface area contributed by atoms with E-state index in [1.54, 1.807) is 0 Å². The lowest BCUT2D eigenvalue weighted by Gasteiger charge is -2.44. The first-order valence-corrected chi connectivity index (χ1v) is 12.0. The van der Waals surface area contributed by atoms with Crippen molar-refractivity contribution in [2.75, 3.05) is 6.54 Å². The molecule has 0 aromatic heterocycles. The summed E-state index contributed by atoms with van der Waals surface area (Å²) in [5, 5.41) is 0. The number of hydrogen-bond donors (Lipinski definition) is 0. The normalized spacial score (nSPS) is 27.2. The molecular formula is C23H39NOS. The van der Waals surface area contributed by atoms with E-state index in [-0.39, 0.29) is 0 Å². The highest BCUT2D eigenvalue weighted by atomic mass is 32.1. The molecule has 2 unspecified atom stereocenters. The van der Waals surface area contributed by atoms with Crippen molar-refractivity contribution >= 4 is 23.0 Å². The molecule has 0 aromatic rings. The quantitative estimate of drug-likeness (QED) is 0.357. The van der Waals surface area contributed by atoms with E-state index in [4.69, 9.17) is 12.2 Å². The average Bonchev–Trinajstić information content (AvgIpc) is 2.68. The van der Waals surface area contributed by atoms with Gasteiger partial charge in [-0.05, 0) is 68.1 Å². The van der Waals surface area contributed by atoms with Crippen LogP contribution in [0.2, 0.25) is 0 Å². The van der Waals surface area contributed by atoms with Gasteiger partial charge in [-0.1, -0.05) is 63.6 Å². The fourth-order valence-corrected chi connectivity index (χ4v) is 6.05. The number of rotatable bonds is 8. The maximum absolute atomic E-state index is 12.7. The van der Waals surface area contributed by atoms with Crippen LogP contribution in [0.25, 0.3) is 0 Å². The number of piperidine rings is 1. The zero-order valence-electron chi connectivity index (χ0n) is 16.7. The van der Waals surface area contributed by atoms with Crippen LogP contribution in [0.5, 0.6) is 0 Å². The second-order valence-electron chi connectivity index (χ2n) is 9.15. The Morgan fingerprint density at radius 2 is 1.50 bits per heavy atom. The van der Waals surface area contributed by atoms with Crippen LogP contribution in [0.1, 0.15) is 109 Å². The zero-order chi connectivity index (χ0) is 18.2. The molecule has 1 aliphatic heterocycles. The molecule has 2 saturated carbocycles. The molecule has 0 spiro atoms. The first-order valence-electron chi connectivity index (χ1n) is 11.5. The second-order valence-corrected chi connectivity index (χ2v) is 9.73. The summed E-state index contributed by atoms with van der Waals surface area (Å²) in [5.41, 5.74) is 0. The number of likely N-dealkylation sites (tertiary alicyclic amines) is 1. The zero-order valence-corrected chi connectivity index (χ0v) is 17.5. The minimum Gasteiger partial charge on any atom is -0.339 e. The van der Waals surface area contributed by atoms with Gasteiger partial charge in [-0.3, -0.25) is 4.79 Å². The molecule has 3 heteroatoms. The maximum atomic E-state index is 12.7. The molecule has 26 heavy (non-hydrogen) atoms. The highest BCUT2D eigenvalue weighted by Gasteiger charge is 2.35. The summed E-state index contributed by atoms with van der Waals surface area (Å²) in [6.07, 6.45) is 21.4. The molecule has 0 aromatic carbocycles. The fourth-order valence-electron chi connectivity index (χ4n) is 5.67. The number of carbonyl (C=O) groups excluding carboxylic acids is 1. The molecule has 2 aliphatic carbocycles. The Morgan fingerprint density at radius 3 is 2.35 bits per heavy atom. The highest BCUT2D eigenvalue weighted by molar-refractivity contribution is 7.80. The van der Waals surface area contributed by atoms with Crippen LogP contribution in [-0.2, 0) is 4.79 Å². The monoisotopic (exact) mass is 377 g/mol. The molecule has 3 rings (SSSR count).